The maximum absolute atomic E-state index is 11.5. The molecule has 0 atom stereocenters. The number of fused-ring (bicyclic) bond motifs is 1. The second-order valence-corrected chi connectivity index (χ2v) is 6.86. The summed E-state index contributed by atoms with van der Waals surface area (Å²) in [6.07, 6.45) is 0. The summed E-state index contributed by atoms with van der Waals surface area (Å²) < 4.78 is 28.0. The highest BCUT2D eigenvalue weighted by Gasteiger charge is 2.12. The summed E-state index contributed by atoms with van der Waals surface area (Å²) in [5.74, 6) is -0.232. The van der Waals surface area contributed by atoms with E-state index in [4.69, 9.17) is 9.56 Å². The summed E-state index contributed by atoms with van der Waals surface area (Å²) in [4.78, 5) is 11.1. The number of phenolic OH excluding ortho intramolecular Hbond substituents is 1. The molecule has 8 nitrogen and oxygen atoms in total. The Morgan fingerprint density at radius 2 is 1.84 bits per heavy atom. The summed E-state index contributed by atoms with van der Waals surface area (Å²) in [6, 6.07) is 9.96. The molecule has 3 rings (SSSR count). The van der Waals surface area contributed by atoms with E-state index in [1.165, 1.54) is 30.3 Å². The van der Waals surface area contributed by atoms with Gasteiger partial charge in [0.2, 0.25) is 10.0 Å². The molecule has 0 saturated heterocycles. The van der Waals surface area contributed by atoms with Gasteiger partial charge in [-0.1, -0.05) is 6.07 Å². The summed E-state index contributed by atoms with van der Waals surface area (Å²) >= 11 is 0. The molecule has 2 aromatic carbocycles. The Morgan fingerprint density at radius 3 is 2.56 bits per heavy atom. The Balaban J connectivity index is 2.02. The van der Waals surface area contributed by atoms with Gasteiger partial charge in [-0.2, -0.15) is 5.11 Å². The smallest absolute Gasteiger partial charge is 0.336 e. The lowest BCUT2D eigenvalue weighted by atomic mass is 10.2. The highest BCUT2D eigenvalue weighted by molar-refractivity contribution is 7.89. The third-order valence-electron chi connectivity index (χ3n) is 3.47. The number of aryl methyl sites for hydroxylation is 1. The standard InChI is InChI=1S/C16H13N3O5S/c1-9-2-4-11(7-15(9)25(17,22)23)18-19-12-6-10-3-5-16(21)24-14(10)8-13(12)20/h2-8,20H,1H3,(H2,17,22,23). The molecule has 3 aromatic rings. The monoisotopic (exact) mass is 359 g/mol. The third kappa shape index (κ3) is 3.57. The zero-order valence-corrected chi connectivity index (χ0v) is 13.8. The molecule has 0 spiro atoms. The van der Waals surface area contributed by atoms with Gasteiger partial charge in [-0.15, -0.1) is 5.11 Å². The number of phenols is 1. The first-order valence-corrected chi connectivity index (χ1v) is 8.61. The van der Waals surface area contributed by atoms with Crippen LogP contribution in [0.2, 0.25) is 0 Å². The predicted molar refractivity (Wildman–Crippen MR) is 90.9 cm³/mol. The molecule has 0 fully saturated rings. The van der Waals surface area contributed by atoms with E-state index in [9.17, 15) is 18.3 Å². The maximum Gasteiger partial charge on any atom is 0.336 e. The molecule has 0 aliphatic heterocycles. The lowest BCUT2D eigenvalue weighted by Gasteiger charge is -2.04. The van der Waals surface area contributed by atoms with Crippen molar-refractivity contribution >= 4 is 32.4 Å². The van der Waals surface area contributed by atoms with Crippen LogP contribution < -0.4 is 10.8 Å². The van der Waals surface area contributed by atoms with Gasteiger partial charge in [-0.05, 0) is 36.8 Å². The molecule has 25 heavy (non-hydrogen) atoms. The van der Waals surface area contributed by atoms with Crippen LogP contribution in [0.1, 0.15) is 5.56 Å². The highest BCUT2D eigenvalue weighted by Crippen LogP contribution is 2.32. The summed E-state index contributed by atoms with van der Waals surface area (Å²) in [6.45, 7) is 1.61. The molecule has 0 aliphatic rings. The van der Waals surface area contributed by atoms with Crippen LogP contribution in [0.25, 0.3) is 11.0 Å². The molecule has 0 aliphatic carbocycles. The number of sulfonamides is 1. The van der Waals surface area contributed by atoms with Crippen molar-refractivity contribution < 1.29 is 17.9 Å². The van der Waals surface area contributed by atoms with Gasteiger partial charge in [-0.25, -0.2) is 18.4 Å². The number of azo groups is 1. The van der Waals surface area contributed by atoms with Crippen molar-refractivity contribution in [1.82, 2.24) is 0 Å². The zero-order valence-electron chi connectivity index (χ0n) is 13.0. The molecule has 0 saturated carbocycles. The van der Waals surface area contributed by atoms with Gasteiger partial charge in [0.1, 0.15) is 17.0 Å². The van der Waals surface area contributed by atoms with E-state index in [1.807, 2.05) is 0 Å². The summed E-state index contributed by atoms with van der Waals surface area (Å²) in [5.41, 5.74) is 0.574. The first kappa shape index (κ1) is 16.8. The van der Waals surface area contributed by atoms with Gasteiger partial charge in [-0.3, -0.25) is 0 Å². The van der Waals surface area contributed by atoms with E-state index in [1.54, 1.807) is 19.1 Å². The zero-order chi connectivity index (χ0) is 18.2. The number of nitrogens with zero attached hydrogens (tertiary/aromatic N) is 2. The fourth-order valence-electron chi connectivity index (χ4n) is 2.24. The second-order valence-electron chi connectivity index (χ2n) is 5.33. The Kier molecular flexibility index (Phi) is 4.11. The van der Waals surface area contributed by atoms with E-state index in [2.05, 4.69) is 10.2 Å². The van der Waals surface area contributed by atoms with E-state index >= 15 is 0 Å². The van der Waals surface area contributed by atoms with Gasteiger partial charge < -0.3 is 9.52 Å². The van der Waals surface area contributed by atoms with Crippen LogP contribution in [0, 0.1) is 6.92 Å². The predicted octanol–water partition coefficient (Wildman–Crippen LogP) is 2.87. The lowest BCUT2D eigenvalue weighted by molar-refractivity contribution is 0.474. The minimum absolute atomic E-state index is 0.0477. The van der Waals surface area contributed by atoms with E-state index in [-0.39, 0.29) is 27.6 Å². The molecule has 1 aromatic heterocycles. The molecule has 0 unspecified atom stereocenters. The van der Waals surface area contributed by atoms with Gasteiger partial charge in [0.25, 0.3) is 0 Å². The molecule has 1 heterocycles. The number of primary sulfonamides is 1. The van der Waals surface area contributed by atoms with Crippen molar-refractivity contribution in [2.45, 2.75) is 11.8 Å². The van der Waals surface area contributed by atoms with E-state index in [0.29, 0.717) is 10.9 Å². The molecule has 0 amide bonds. The first-order chi connectivity index (χ1) is 11.7. The number of aromatic hydroxyl groups is 1. The van der Waals surface area contributed by atoms with E-state index in [0.717, 1.165) is 0 Å². The fraction of sp³-hybridized carbons (Fsp3) is 0.0625. The van der Waals surface area contributed by atoms with Gasteiger partial charge in [0, 0.05) is 17.5 Å². The third-order valence-corrected chi connectivity index (χ3v) is 4.52. The molecular formula is C16H13N3O5S. The van der Waals surface area contributed by atoms with Gasteiger partial charge >= 0.3 is 5.63 Å². The molecule has 128 valence electrons. The first-order valence-electron chi connectivity index (χ1n) is 7.06. The minimum Gasteiger partial charge on any atom is -0.505 e. The molecule has 3 N–H and O–H groups in total. The van der Waals surface area contributed by atoms with Crippen molar-refractivity contribution in [1.29, 1.82) is 0 Å². The average Bonchev–Trinajstić information content (AvgIpc) is 2.53. The minimum atomic E-state index is -3.87. The molecule has 0 radical (unpaired) electrons. The van der Waals surface area contributed by atoms with Crippen LogP contribution in [0.5, 0.6) is 5.75 Å². The summed E-state index contributed by atoms with van der Waals surface area (Å²) in [7, 11) is -3.87. The lowest BCUT2D eigenvalue weighted by Crippen LogP contribution is -2.13. The fourth-order valence-corrected chi connectivity index (χ4v) is 3.04. The van der Waals surface area contributed by atoms with Crippen LogP contribution in [0.3, 0.4) is 0 Å². The molecule has 0 bridgehead atoms. The Hall–Kier alpha value is -3.04. The van der Waals surface area contributed by atoms with Crippen LogP contribution >= 0.6 is 0 Å². The topological polar surface area (TPSA) is 135 Å². The number of nitrogens with two attached hydrogens (primary N) is 1. The van der Waals surface area contributed by atoms with Crippen molar-refractivity contribution in [3.05, 3.63) is 58.4 Å². The van der Waals surface area contributed by atoms with Crippen LogP contribution in [-0.4, -0.2) is 13.5 Å². The van der Waals surface area contributed by atoms with E-state index < -0.39 is 15.6 Å². The number of benzene rings is 2. The SMILES string of the molecule is Cc1ccc(N=Nc2cc3ccc(=O)oc3cc2O)cc1S(N)(=O)=O. The largest absolute Gasteiger partial charge is 0.505 e. The van der Waals surface area contributed by atoms with Gasteiger partial charge in [0.05, 0.1) is 10.6 Å². The van der Waals surface area contributed by atoms with Gasteiger partial charge in [0.15, 0.2) is 0 Å². The normalized spacial score (nSPS) is 12.1. The molecule has 9 heteroatoms. The average molecular weight is 359 g/mol. The Labute approximate surface area is 142 Å². The van der Waals surface area contributed by atoms with Crippen LogP contribution in [-0.2, 0) is 10.0 Å². The molecular weight excluding hydrogens is 346 g/mol. The summed E-state index contributed by atoms with van der Waals surface area (Å²) in [5, 5.41) is 23.5. The van der Waals surface area contributed by atoms with Crippen LogP contribution in [0.4, 0.5) is 11.4 Å². The highest BCUT2D eigenvalue weighted by atomic mass is 32.2. The maximum atomic E-state index is 11.5. The Morgan fingerprint density at radius 1 is 1.08 bits per heavy atom. The van der Waals surface area contributed by atoms with Crippen molar-refractivity contribution in [2.75, 3.05) is 0 Å². The van der Waals surface area contributed by atoms with Crippen molar-refractivity contribution in [2.24, 2.45) is 15.4 Å². The van der Waals surface area contributed by atoms with Crippen molar-refractivity contribution in [3.63, 3.8) is 0 Å². The number of rotatable bonds is 3. The van der Waals surface area contributed by atoms with Crippen molar-refractivity contribution in [3.8, 4) is 5.75 Å². The number of hydrogen-bond acceptors (Lipinski definition) is 7. The van der Waals surface area contributed by atoms with Crippen LogP contribution in [0.15, 0.2) is 66.8 Å². The quantitative estimate of drug-likeness (QED) is 0.547. The number of hydrogen-bond donors (Lipinski definition) is 2. The second kappa shape index (κ2) is 6.11. The Bertz CT molecular complexity index is 1170.